The third-order valence-electron chi connectivity index (χ3n) is 7.63. The molecule has 0 heterocycles. The standard InChI is InChI=1S/C21H36N4O/c1-20-12-10-17(16-7-4-3-5-8-16)15-21(20,26)13-11-18(20)9-6-14-24-25-19(22)23-2/h6,9,14,16-18,26H,3-5,7-8,10-13,15H2,1-2H3,(H3,22,23,25)/b9-6+,24-14+/t17-,18-,20+,21-/m0/s1. The molecule has 5 nitrogen and oxygen atoms in total. The first-order chi connectivity index (χ1) is 12.5. The van der Waals surface area contributed by atoms with Crippen molar-refractivity contribution in [2.45, 2.75) is 76.7 Å². The number of nitrogens with two attached hydrogens (primary N) is 1. The smallest absolute Gasteiger partial charge is 0.209 e. The van der Waals surface area contributed by atoms with Gasteiger partial charge in [-0.2, -0.15) is 5.10 Å². The number of rotatable bonds is 4. The van der Waals surface area contributed by atoms with E-state index < -0.39 is 5.60 Å². The van der Waals surface area contributed by atoms with Gasteiger partial charge in [0, 0.05) is 18.7 Å². The van der Waals surface area contributed by atoms with Crippen molar-refractivity contribution >= 4 is 12.2 Å². The van der Waals surface area contributed by atoms with E-state index in [4.69, 9.17) is 5.73 Å². The van der Waals surface area contributed by atoms with Gasteiger partial charge in [-0.05, 0) is 55.9 Å². The number of guanidine groups is 1. The van der Waals surface area contributed by atoms with Gasteiger partial charge in [-0.3, -0.25) is 4.99 Å². The van der Waals surface area contributed by atoms with Gasteiger partial charge in [0.25, 0.3) is 0 Å². The maximum absolute atomic E-state index is 11.5. The molecule has 0 spiro atoms. The van der Waals surface area contributed by atoms with Crippen LogP contribution in [0.4, 0.5) is 0 Å². The van der Waals surface area contributed by atoms with Gasteiger partial charge in [0.05, 0.1) is 5.60 Å². The summed E-state index contributed by atoms with van der Waals surface area (Å²) in [4.78, 5) is 3.80. The molecule has 0 amide bonds. The molecule has 0 saturated heterocycles. The lowest BCUT2D eigenvalue weighted by Gasteiger charge is -2.51. The van der Waals surface area contributed by atoms with Gasteiger partial charge < -0.3 is 10.8 Å². The van der Waals surface area contributed by atoms with Crippen molar-refractivity contribution in [1.29, 1.82) is 0 Å². The summed E-state index contributed by atoms with van der Waals surface area (Å²) in [6.45, 7) is 2.31. The van der Waals surface area contributed by atoms with E-state index in [1.54, 1.807) is 13.3 Å². The summed E-state index contributed by atoms with van der Waals surface area (Å²) in [5, 5.41) is 15.6. The van der Waals surface area contributed by atoms with E-state index in [2.05, 4.69) is 28.5 Å². The summed E-state index contributed by atoms with van der Waals surface area (Å²) in [6, 6.07) is 0. The highest BCUT2D eigenvalue weighted by atomic mass is 16.3. The molecule has 0 radical (unpaired) electrons. The first kappa shape index (κ1) is 19.4. The predicted octanol–water partition coefficient (Wildman–Crippen LogP) is 3.59. The van der Waals surface area contributed by atoms with Crippen LogP contribution < -0.4 is 11.2 Å². The molecule has 5 heteroatoms. The molecule has 0 aliphatic heterocycles. The van der Waals surface area contributed by atoms with Crippen LogP contribution in [-0.2, 0) is 0 Å². The van der Waals surface area contributed by atoms with Gasteiger partial charge in [0.15, 0.2) is 0 Å². The van der Waals surface area contributed by atoms with Crippen molar-refractivity contribution in [3.05, 3.63) is 12.2 Å². The third kappa shape index (κ3) is 3.83. The quantitative estimate of drug-likeness (QED) is 0.407. The average Bonchev–Trinajstić information content (AvgIpc) is 2.92. The molecule has 3 aliphatic rings. The highest BCUT2D eigenvalue weighted by Crippen LogP contribution is 2.61. The summed E-state index contributed by atoms with van der Waals surface area (Å²) in [6.07, 6.45) is 18.3. The Balaban J connectivity index is 1.61. The van der Waals surface area contributed by atoms with Crippen LogP contribution in [0.3, 0.4) is 0 Å². The maximum atomic E-state index is 11.5. The fraction of sp³-hybridized carbons (Fsp3) is 0.810. The number of fused-ring (bicyclic) bond motifs is 1. The van der Waals surface area contributed by atoms with Gasteiger partial charge in [-0.15, -0.1) is 0 Å². The second-order valence-corrected chi connectivity index (χ2v) is 8.88. The van der Waals surface area contributed by atoms with Crippen molar-refractivity contribution in [3.63, 3.8) is 0 Å². The number of hydrogen-bond acceptors (Lipinski definition) is 3. The SMILES string of the molecule is C/N=C(\N)N/N=C/C=C/[C@H]1CC[C@]2(O)C[C@@H](C3CCCCC3)CC[C@]12C. The molecule has 0 bridgehead atoms. The molecule has 0 aromatic rings. The van der Waals surface area contributed by atoms with Crippen molar-refractivity contribution in [2.75, 3.05) is 7.05 Å². The zero-order valence-electron chi connectivity index (χ0n) is 16.5. The van der Waals surface area contributed by atoms with Crippen LogP contribution in [0.25, 0.3) is 0 Å². The van der Waals surface area contributed by atoms with Crippen molar-refractivity contribution in [3.8, 4) is 0 Å². The number of allylic oxidation sites excluding steroid dienone is 2. The van der Waals surface area contributed by atoms with Crippen LogP contribution >= 0.6 is 0 Å². The van der Waals surface area contributed by atoms with Gasteiger partial charge in [0.2, 0.25) is 5.96 Å². The maximum Gasteiger partial charge on any atom is 0.209 e. The second kappa shape index (κ2) is 8.12. The molecule has 146 valence electrons. The van der Waals surface area contributed by atoms with E-state index in [1.807, 2.05) is 6.08 Å². The predicted molar refractivity (Wildman–Crippen MR) is 108 cm³/mol. The topological polar surface area (TPSA) is 83.0 Å². The number of aliphatic imine (C=N–C) groups is 1. The molecule has 4 N–H and O–H groups in total. The number of nitrogens with one attached hydrogen (secondary N) is 1. The van der Waals surface area contributed by atoms with Gasteiger partial charge >= 0.3 is 0 Å². The zero-order valence-corrected chi connectivity index (χ0v) is 16.5. The minimum atomic E-state index is -0.489. The summed E-state index contributed by atoms with van der Waals surface area (Å²) in [5.74, 6) is 2.32. The lowest BCUT2D eigenvalue weighted by molar-refractivity contribution is -0.117. The molecule has 0 aromatic carbocycles. The van der Waals surface area contributed by atoms with Gasteiger partial charge in [0.1, 0.15) is 0 Å². The van der Waals surface area contributed by atoms with Crippen LogP contribution in [0.5, 0.6) is 0 Å². The number of hydrazone groups is 1. The molecule has 3 rings (SSSR count). The highest BCUT2D eigenvalue weighted by molar-refractivity contribution is 5.79. The normalized spacial score (nSPS) is 39.6. The molecule has 3 fully saturated rings. The highest BCUT2D eigenvalue weighted by Gasteiger charge is 2.58. The lowest BCUT2D eigenvalue weighted by atomic mass is 9.57. The van der Waals surface area contributed by atoms with Gasteiger partial charge in [-0.25, -0.2) is 5.43 Å². The van der Waals surface area contributed by atoms with Gasteiger partial charge in [-0.1, -0.05) is 45.1 Å². The fourth-order valence-corrected chi connectivity index (χ4v) is 5.81. The van der Waals surface area contributed by atoms with E-state index in [0.29, 0.717) is 11.9 Å². The lowest BCUT2D eigenvalue weighted by Crippen LogP contribution is -2.50. The molecule has 26 heavy (non-hydrogen) atoms. The monoisotopic (exact) mass is 360 g/mol. The molecule has 0 aromatic heterocycles. The summed E-state index contributed by atoms with van der Waals surface area (Å²) < 4.78 is 0. The van der Waals surface area contributed by atoms with E-state index in [-0.39, 0.29) is 5.41 Å². The minimum Gasteiger partial charge on any atom is -0.389 e. The molecule has 3 saturated carbocycles. The average molecular weight is 361 g/mol. The molecule has 0 unspecified atom stereocenters. The Morgan fingerprint density at radius 3 is 2.62 bits per heavy atom. The summed E-state index contributed by atoms with van der Waals surface area (Å²) in [7, 11) is 1.62. The van der Waals surface area contributed by atoms with E-state index in [0.717, 1.165) is 37.5 Å². The Morgan fingerprint density at radius 1 is 1.12 bits per heavy atom. The first-order valence-corrected chi connectivity index (χ1v) is 10.4. The zero-order chi connectivity index (χ0) is 18.6. The van der Waals surface area contributed by atoms with Crippen LogP contribution in [-0.4, -0.2) is 29.9 Å². The van der Waals surface area contributed by atoms with Crippen LogP contribution in [0.15, 0.2) is 22.2 Å². The molecule has 3 aliphatic carbocycles. The van der Waals surface area contributed by atoms with E-state index >= 15 is 0 Å². The fourth-order valence-electron chi connectivity index (χ4n) is 5.81. The first-order valence-electron chi connectivity index (χ1n) is 10.4. The molecular weight excluding hydrogens is 324 g/mol. The largest absolute Gasteiger partial charge is 0.389 e. The Labute approximate surface area is 158 Å². The Kier molecular flexibility index (Phi) is 6.06. The van der Waals surface area contributed by atoms with Crippen LogP contribution in [0, 0.1) is 23.2 Å². The molecule has 4 atom stereocenters. The van der Waals surface area contributed by atoms with E-state index in [9.17, 15) is 5.11 Å². The Bertz CT molecular complexity index is 566. The van der Waals surface area contributed by atoms with Crippen molar-refractivity contribution < 1.29 is 5.11 Å². The number of nitrogens with zero attached hydrogens (tertiary/aromatic N) is 2. The Morgan fingerprint density at radius 2 is 1.88 bits per heavy atom. The minimum absolute atomic E-state index is 0.000159. The Hall–Kier alpha value is -1.36. The number of aliphatic hydroxyl groups is 1. The van der Waals surface area contributed by atoms with Crippen LogP contribution in [0.1, 0.15) is 71.1 Å². The summed E-state index contributed by atoms with van der Waals surface area (Å²) in [5.41, 5.74) is 7.73. The van der Waals surface area contributed by atoms with E-state index in [1.165, 1.54) is 38.5 Å². The third-order valence-corrected chi connectivity index (χ3v) is 7.63. The van der Waals surface area contributed by atoms with Crippen LogP contribution in [0.2, 0.25) is 0 Å². The summed E-state index contributed by atoms with van der Waals surface area (Å²) >= 11 is 0. The molecular formula is C21H36N4O. The number of hydrogen-bond donors (Lipinski definition) is 3. The van der Waals surface area contributed by atoms with Crippen molar-refractivity contribution in [1.82, 2.24) is 5.43 Å². The second-order valence-electron chi connectivity index (χ2n) is 8.88. The van der Waals surface area contributed by atoms with Crippen molar-refractivity contribution in [2.24, 2.45) is 39.0 Å².